The number of halogens is 1. The molecule has 0 radical (unpaired) electrons. The number of amides is 1. The molecule has 0 aliphatic rings. The van der Waals surface area contributed by atoms with Gasteiger partial charge in [-0.1, -0.05) is 29.0 Å². The molecule has 0 aliphatic carbocycles. The number of anilines is 2. The molecule has 0 aliphatic heterocycles. The van der Waals surface area contributed by atoms with E-state index in [9.17, 15) is 4.79 Å². The maximum Gasteiger partial charge on any atom is 0.248 e. The first kappa shape index (κ1) is 14.7. The summed E-state index contributed by atoms with van der Waals surface area (Å²) in [5.74, 6) is -0.166. The van der Waals surface area contributed by atoms with Crippen molar-refractivity contribution in [3.63, 3.8) is 0 Å². The fourth-order valence-corrected chi connectivity index (χ4v) is 2.38. The summed E-state index contributed by atoms with van der Waals surface area (Å²) in [6.45, 7) is 5.57. The molecule has 1 atom stereocenters. The molecule has 2 rings (SSSR count). The van der Waals surface area contributed by atoms with Crippen molar-refractivity contribution in [2.75, 3.05) is 10.6 Å². The largest absolute Gasteiger partial charge is 0.374 e. The number of carbonyl (C=O) groups is 1. The van der Waals surface area contributed by atoms with E-state index in [0.29, 0.717) is 10.2 Å². The van der Waals surface area contributed by atoms with E-state index in [0.717, 1.165) is 16.3 Å². The maximum atomic E-state index is 12.1. The van der Waals surface area contributed by atoms with Crippen LogP contribution >= 0.6 is 22.9 Å². The molecule has 1 amide bonds. The Labute approximate surface area is 126 Å². The Morgan fingerprint density at radius 1 is 1.35 bits per heavy atom. The molecular formula is C13H15ClN4OS. The minimum Gasteiger partial charge on any atom is -0.374 e. The summed E-state index contributed by atoms with van der Waals surface area (Å²) in [6.07, 6.45) is 0. The molecule has 2 aromatic rings. The van der Waals surface area contributed by atoms with Crippen LogP contribution in [0.4, 0.5) is 10.8 Å². The second kappa shape index (κ2) is 6.19. The first-order valence-electron chi connectivity index (χ1n) is 6.09. The summed E-state index contributed by atoms with van der Waals surface area (Å²) in [5, 5.41) is 15.5. The van der Waals surface area contributed by atoms with Gasteiger partial charge in [0.15, 0.2) is 0 Å². The molecule has 0 fully saturated rings. The molecule has 0 bridgehead atoms. The standard InChI is InChI=1S/C13H15ClN4OS/c1-7-4-5-10(14)6-11(7)15-8(2)12(19)16-13-18-17-9(3)20-13/h4-6,8,15H,1-3H3,(H,16,18,19)/t8-/m0/s1. The van der Waals surface area contributed by atoms with Gasteiger partial charge in [0.1, 0.15) is 11.0 Å². The van der Waals surface area contributed by atoms with E-state index in [2.05, 4.69) is 20.8 Å². The van der Waals surface area contributed by atoms with Gasteiger partial charge in [0.2, 0.25) is 11.0 Å². The average Bonchev–Trinajstić information content (AvgIpc) is 2.79. The van der Waals surface area contributed by atoms with Gasteiger partial charge in [0.05, 0.1) is 0 Å². The molecular weight excluding hydrogens is 296 g/mol. The van der Waals surface area contributed by atoms with Crippen molar-refractivity contribution >= 4 is 39.7 Å². The molecule has 1 heterocycles. The first-order chi connectivity index (χ1) is 9.45. The van der Waals surface area contributed by atoms with Crippen molar-refractivity contribution in [3.8, 4) is 0 Å². The number of nitrogens with zero attached hydrogens (tertiary/aromatic N) is 2. The Balaban J connectivity index is 2.02. The monoisotopic (exact) mass is 310 g/mol. The third-order valence-electron chi connectivity index (χ3n) is 2.72. The van der Waals surface area contributed by atoms with Crippen LogP contribution in [0.1, 0.15) is 17.5 Å². The highest BCUT2D eigenvalue weighted by atomic mass is 35.5. The van der Waals surface area contributed by atoms with E-state index in [1.165, 1.54) is 11.3 Å². The van der Waals surface area contributed by atoms with E-state index in [1.807, 2.05) is 26.0 Å². The molecule has 0 spiro atoms. The smallest absolute Gasteiger partial charge is 0.248 e. The molecule has 0 saturated carbocycles. The van der Waals surface area contributed by atoms with Crippen LogP contribution in [-0.2, 0) is 4.79 Å². The number of hydrogen-bond donors (Lipinski definition) is 2. The lowest BCUT2D eigenvalue weighted by molar-refractivity contribution is -0.116. The van der Waals surface area contributed by atoms with Crippen LogP contribution in [0.2, 0.25) is 5.02 Å². The summed E-state index contributed by atoms with van der Waals surface area (Å²) in [4.78, 5) is 12.1. The van der Waals surface area contributed by atoms with Crippen molar-refractivity contribution in [1.82, 2.24) is 10.2 Å². The minimum absolute atomic E-state index is 0.166. The molecule has 5 nitrogen and oxygen atoms in total. The Morgan fingerprint density at radius 2 is 2.10 bits per heavy atom. The van der Waals surface area contributed by atoms with Gasteiger partial charge in [-0.05, 0) is 38.5 Å². The Kier molecular flexibility index (Phi) is 4.57. The van der Waals surface area contributed by atoms with Crippen LogP contribution in [0.3, 0.4) is 0 Å². The Morgan fingerprint density at radius 3 is 2.75 bits per heavy atom. The van der Waals surface area contributed by atoms with Crippen LogP contribution in [0.15, 0.2) is 18.2 Å². The second-order valence-corrected chi connectivity index (χ2v) is 6.06. The van der Waals surface area contributed by atoms with Crippen LogP contribution in [0.5, 0.6) is 0 Å². The van der Waals surface area contributed by atoms with Crippen molar-refractivity contribution in [3.05, 3.63) is 33.8 Å². The molecule has 0 unspecified atom stereocenters. The third kappa shape index (κ3) is 3.68. The van der Waals surface area contributed by atoms with Gasteiger partial charge in [-0.25, -0.2) is 0 Å². The number of nitrogens with one attached hydrogen (secondary N) is 2. The molecule has 0 saturated heterocycles. The molecule has 106 valence electrons. The number of hydrogen-bond acceptors (Lipinski definition) is 5. The SMILES string of the molecule is Cc1nnc(NC(=O)[C@H](C)Nc2cc(Cl)ccc2C)s1. The number of aromatic nitrogens is 2. The van der Waals surface area contributed by atoms with Gasteiger partial charge in [-0.15, -0.1) is 10.2 Å². The van der Waals surface area contributed by atoms with Crippen LogP contribution in [0, 0.1) is 13.8 Å². The Bertz CT molecular complexity index is 629. The predicted molar refractivity (Wildman–Crippen MR) is 82.5 cm³/mol. The zero-order valence-electron chi connectivity index (χ0n) is 11.4. The van der Waals surface area contributed by atoms with E-state index >= 15 is 0 Å². The highest BCUT2D eigenvalue weighted by Crippen LogP contribution is 2.21. The molecule has 1 aromatic heterocycles. The fourth-order valence-electron chi connectivity index (χ4n) is 1.61. The number of benzene rings is 1. The van der Waals surface area contributed by atoms with Gasteiger partial charge >= 0.3 is 0 Å². The van der Waals surface area contributed by atoms with Gasteiger partial charge in [-0.2, -0.15) is 0 Å². The lowest BCUT2D eigenvalue weighted by Crippen LogP contribution is -2.32. The quantitative estimate of drug-likeness (QED) is 0.909. The molecule has 7 heteroatoms. The van der Waals surface area contributed by atoms with Gasteiger partial charge in [0.25, 0.3) is 0 Å². The fraction of sp³-hybridized carbons (Fsp3) is 0.308. The number of rotatable bonds is 4. The zero-order chi connectivity index (χ0) is 14.7. The van der Waals surface area contributed by atoms with Crippen molar-refractivity contribution in [2.45, 2.75) is 26.8 Å². The van der Waals surface area contributed by atoms with Crippen molar-refractivity contribution < 1.29 is 4.79 Å². The summed E-state index contributed by atoms with van der Waals surface area (Å²) >= 11 is 7.30. The second-order valence-electron chi connectivity index (χ2n) is 4.44. The predicted octanol–water partition coefficient (Wildman–Crippen LogP) is 3.25. The van der Waals surface area contributed by atoms with Crippen molar-refractivity contribution in [1.29, 1.82) is 0 Å². The van der Waals surface area contributed by atoms with Gasteiger partial charge < -0.3 is 5.32 Å². The highest BCUT2D eigenvalue weighted by molar-refractivity contribution is 7.15. The van der Waals surface area contributed by atoms with Crippen molar-refractivity contribution in [2.24, 2.45) is 0 Å². The van der Waals surface area contributed by atoms with Gasteiger partial charge in [0, 0.05) is 10.7 Å². The summed E-state index contributed by atoms with van der Waals surface area (Å²) in [5.41, 5.74) is 1.87. The zero-order valence-corrected chi connectivity index (χ0v) is 13.0. The van der Waals surface area contributed by atoms with E-state index in [-0.39, 0.29) is 5.91 Å². The van der Waals surface area contributed by atoms with Crippen LogP contribution in [0.25, 0.3) is 0 Å². The van der Waals surface area contributed by atoms with E-state index < -0.39 is 6.04 Å². The number of carbonyl (C=O) groups excluding carboxylic acids is 1. The Hall–Kier alpha value is -1.66. The van der Waals surface area contributed by atoms with Gasteiger partial charge in [-0.3, -0.25) is 10.1 Å². The molecule has 20 heavy (non-hydrogen) atoms. The summed E-state index contributed by atoms with van der Waals surface area (Å²) in [7, 11) is 0. The average molecular weight is 311 g/mol. The highest BCUT2D eigenvalue weighted by Gasteiger charge is 2.15. The lowest BCUT2D eigenvalue weighted by Gasteiger charge is -2.16. The summed E-state index contributed by atoms with van der Waals surface area (Å²) in [6, 6.07) is 5.12. The minimum atomic E-state index is -0.406. The van der Waals surface area contributed by atoms with Crippen LogP contribution in [-0.4, -0.2) is 22.1 Å². The van der Waals surface area contributed by atoms with E-state index in [4.69, 9.17) is 11.6 Å². The molecule has 2 N–H and O–H groups in total. The lowest BCUT2D eigenvalue weighted by atomic mass is 10.2. The van der Waals surface area contributed by atoms with Crippen LogP contribution < -0.4 is 10.6 Å². The third-order valence-corrected chi connectivity index (χ3v) is 3.71. The first-order valence-corrected chi connectivity index (χ1v) is 7.29. The molecule has 1 aromatic carbocycles. The maximum absolute atomic E-state index is 12.1. The van der Waals surface area contributed by atoms with E-state index in [1.54, 1.807) is 13.0 Å². The normalized spacial score (nSPS) is 12.0. The summed E-state index contributed by atoms with van der Waals surface area (Å²) < 4.78 is 0. The topological polar surface area (TPSA) is 66.9 Å². The number of aryl methyl sites for hydroxylation is 2.